The van der Waals surface area contributed by atoms with Crippen molar-refractivity contribution < 1.29 is 13.9 Å². The number of halogens is 2. The Morgan fingerprint density at radius 3 is 2.50 bits per heavy atom. The molecule has 2 aromatic rings. The molecule has 0 spiro atoms. The molecule has 2 aromatic carbocycles. The normalized spacial score (nSPS) is 10.0. The highest BCUT2D eigenvalue weighted by molar-refractivity contribution is 7.80. The van der Waals surface area contributed by atoms with Crippen LogP contribution < -0.4 is 20.1 Å². The van der Waals surface area contributed by atoms with Gasteiger partial charge in [-0.3, -0.25) is 0 Å². The van der Waals surface area contributed by atoms with E-state index in [9.17, 15) is 4.39 Å². The minimum atomic E-state index is -0.483. The lowest BCUT2D eigenvalue weighted by Gasteiger charge is -2.14. The van der Waals surface area contributed by atoms with Gasteiger partial charge in [0, 0.05) is 11.8 Å². The van der Waals surface area contributed by atoms with Gasteiger partial charge in [0.05, 0.1) is 24.9 Å². The second-order valence-electron chi connectivity index (χ2n) is 4.27. The Balaban J connectivity index is 2.10. The highest BCUT2D eigenvalue weighted by Crippen LogP contribution is 2.29. The van der Waals surface area contributed by atoms with Crippen LogP contribution in [0.2, 0.25) is 5.02 Å². The van der Waals surface area contributed by atoms with Gasteiger partial charge in [-0.2, -0.15) is 0 Å². The van der Waals surface area contributed by atoms with Crippen LogP contribution in [-0.4, -0.2) is 19.3 Å². The molecule has 0 aromatic heterocycles. The van der Waals surface area contributed by atoms with Crippen LogP contribution in [0.15, 0.2) is 36.4 Å². The van der Waals surface area contributed by atoms with Gasteiger partial charge in [0.25, 0.3) is 0 Å². The summed E-state index contributed by atoms with van der Waals surface area (Å²) in [5, 5.41) is 6.27. The molecule has 0 unspecified atom stereocenters. The summed E-state index contributed by atoms with van der Waals surface area (Å²) in [5.41, 5.74) is 1.25. The van der Waals surface area contributed by atoms with Gasteiger partial charge in [0.2, 0.25) is 0 Å². The van der Waals surface area contributed by atoms with Crippen LogP contribution in [0.3, 0.4) is 0 Å². The standard InChI is InChI=1S/C15H14ClFN2O2S/c1-20-10-4-6-13(14(8-10)21-2)19-15(22)18-9-3-5-12(17)11(16)7-9/h3-8H,1-2H3,(H2,18,19,22). The predicted octanol–water partition coefficient (Wildman–Crippen LogP) is 4.31. The Morgan fingerprint density at radius 1 is 1.09 bits per heavy atom. The van der Waals surface area contributed by atoms with E-state index in [1.165, 1.54) is 12.1 Å². The van der Waals surface area contributed by atoms with Crippen molar-refractivity contribution in [2.75, 3.05) is 24.9 Å². The summed E-state index contributed by atoms with van der Waals surface area (Å²) >= 11 is 10.9. The van der Waals surface area contributed by atoms with Crippen molar-refractivity contribution in [3.8, 4) is 11.5 Å². The molecule has 2 N–H and O–H groups in total. The minimum absolute atomic E-state index is 0.0230. The van der Waals surface area contributed by atoms with E-state index in [1.54, 1.807) is 38.5 Å². The lowest BCUT2D eigenvalue weighted by atomic mass is 10.2. The van der Waals surface area contributed by atoms with E-state index in [0.29, 0.717) is 28.0 Å². The molecule has 116 valence electrons. The van der Waals surface area contributed by atoms with Gasteiger partial charge in [0.1, 0.15) is 17.3 Å². The molecule has 0 aliphatic heterocycles. The summed E-state index contributed by atoms with van der Waals surface area (Å²) in [6.07, 6.45) is 0. The number of hydrogen-bond acceptors (Lipinski definition) is 3. The van der Waals surface area contributed by atoms with Gasteiger partial charge >= 0.3 is 0 Å². The fourth-order valence-electron chi connectivity index (χ4n) is 1.76. The average Bonchev–Trinajstić information content (AvgIpc) is 2.51. The maximum Gasteiger partial charge on any atom is 0.175 e. The molecule has 0 saturated carbocycles. The van der Waals surface area contributed by atoms with Crippen molar-refractivity contribution in [3.05, 3.63) is 47.2 Å². The molecule has 7 heteroatoms. The van der Waals surface area contributed by atoms with Crippen molar-refractivity contribution in [2.45, 2.75) is 0 Å². The van der Waals surface area contributed by atoms with Crippen molar-refractivity contribution >= 4 is 40.3 Å². The van der Waals surface area contributed by atoms with Gasteiger partial charge in [-0.1, -0.05) is 11.6 Å². The van der Waals surface area contributed by atoms with Crippen LogP contribution in [0.4, 0.5) is 15.8 Å². The SMILES string of the molecule is COc1ccc(NC(=S)Nc2ccc(F)c(Cl)c2)c(OC)c1. The number of rotatable bonds is 4. The first-order valence-electron chi connectivity index (χ1n) is 6.28. The van der Waals surface area contributed by atoms with Crippen LogP contribution >= 0.6 is 23.8 Å². The number of nitrogens with one attached hydrogen (secondary N) is 2. The number of ether oxygens (including phenoxy) is 2. The lowest BCUT2D eigenvalue weighted by molar-refractivity contribution is 0.395. The van der Waals surface area contributed by atoms with Gasteiger partial charge in [-0.05, 0) is 42.5 Å². The van der Waals surface area contributed by atoms with Crippen molar-refractivity contribution in [3.63, 3.8) is 0 Å². The Labute approximate surface area is 138 Å². The van der Waals surface area contributed by atoms with Crippen molar-refractivity contribution in [1.82, 2.24) is 0 Å². The minimum Gasteiger partial charge on any atom is -0.497 e. The smallest absolute Gasteiger partial charge is 0.175 e. The zero-order valence-corrected chi connectivity index (χ0v) is 13.5. The first-order valence-corrected chi connectivity index (χ1v) is 7.07. The first kappa shape index (κ1) is 16.3. The lowest BCUT2D eigenvalue weighted by Crippen LogP contribution is -2.19. The summed E-state index contributed by atoms with van der Waals surface area (Å²) in [6.45, 7) is 0. The Hall–Kier alpha value is -2.05. The van der Waals surface area contributed by atoms with Crippen LogP contribution in [0.25, 0.3) is 0 Å². The molecule has 0 heterocycles. The maximum atomic E-state index is 13.1. The molecule has 0 aliphatic carbocycles. The molecule has 0 radical (unpaired) electrons. The van der Waals surface area contributed by atoms with Crippen LogP contribution in [0, 0.1) is 5.82 Å². The molecule has 2 rings (SSSR count). The number of anilines is 2. The van der Waals surface area contributed by atoms with Crippen molar-refractivity contribution in [2.24, 2.45) is 0 Å². The third-order valence-corrected chi connectivity index (χ3v) is 3.33. The molecule has 0 amide bonds. The number of hydrogen-bond donors (Lipinski definition) is 2. The van der Waals surface area contributed by atoms with Gasteiger partial charge in [-0.25, -0.2) is 4.39 Å². The van der Waals surface area contributed by atoms with Crippen LogP contribution in [0.5, 0.6) is 11.5 Å². The van der Waals surface area contributed by atoms with E-state index in [-0.39, 0.29) is 5.02 Å². The third-order valence-electron chi connectivity index (χ3n) is 2.83. The largest absolute Gasteiger partial charge is 0.497 e. The topological polar surface area (TPSA) is 42.5 Å². The second-order valence-corrected chi connectivity index (χ2v) is 5.09. The molecule has 22 heavy (non-hydrogen) atoms. The number of benzene rings is 2. The molecule has 0 saturated heterocycles. The molecular formula is C15H14ClFN2O2S. The van der Waals surface area contributed by atoms with E-state index < -0.39 is 5.82 Å². The van der Waals surface area contributed by atoms with Crippen molar-refractivity contribution in [1.29, 1.82) is 0 Å². The fraction of sp³-hybridized carbons (Fsp3) is 0.133. The third kappa shape index (κ3) is 3.99. The molecule has 0 atom stereocenters. The molecule has 4 nitrogen and oxygen atoms in total. The first-order chi connectivity index (χ1) is 10.5. The summed E-state index contributed by atoms with van der Waals surface area (Å²) < 4.78 is 23.5. The number of methoxy groups -OCH3 is 2. The summed E-state index contributed by atoms with van der Waals surface area (Å²) in [6, 6.07) is 9.56. The molecular weight excluding hydrogens is 327 g/mol. The van der Waals surface area contributed by atoms with E-state index in [2.05, 4.69) is 10.6 Å². The fourth-order valence-corrected chi connectivity index (χ4v) is 2.17. The monoisotopic (exact) mass is 340 g/mol. The Morgan fingerprint density at radius 2 is 1.86 bits per heavy atom. The zero-order chi connectivity index (χ0) is 16.1. The van der Waals surface area contributed by atoms with Gasteiger partial charge in [-0.15, -0.1) is 0 Å². The summed E-state index contributed by atoms with van der Waals surface area (Å²) in [4.78, 5) is 0. The van der Waals surface area contributed by atoms with E-state index in [4.69, 9.17) is 33.3 Å². The highest BCUT2D eigenvalue weighted by Gasteiger charge is 2.08. The number of thiocarbonyl (C=S) groups is 1. The predicted molar refractivity (Wildman–Crippen MR) is 90.8 cm³/mol. The Bertz CT molecular complexity index is 697. The molecule has 0 fully saturated rings. The molecule has 0 aliphatic rings. The Kier molecular flexibility index (Phi) is 5.41. The zero-order valence-electron chi connectivity index (χ0n) is 11.9. The summed E-state index contributed by atoms with van der Waals surface area (Å²) in [5.74, 6) is 0.773. The van der Waals surface area contributed by atoms with Crippen LogP contribution in [0.1, 0.15) is 0 Å². The summed E-state index contributed by atoms with van der Waals surface area (Å²) in [7, 11) is 3.13. The molecule has 0 bridgehead atoms. The van der Waals surface area contributed by atoms with Gasteiger partial charge < -0.3 is 20.1 Å². The van der Waals surface area contributed by atoms with Gasteiger partial charge in [0.15, 0.2) is 5.11 Å². The quantitative estimate of drug-likeness (QED) is 0.812. The van der Waals surface area contributed by atoms with E-state index in [1.807, 2.05) is 0 Å². The van der Waals surface area contributed by atoms with Crippen LogP contribution in [-0.2, 0) is 0 Å². The average molecular weight is 341 g/mol. The highest BCUT2D eigenvalue weighted by atomic mass is 35.5. The second kappa shape index (κ2) is 7.29. The van der Waals surface area contributed by atoms with E-state index >= 15 is 0 Å². The maximum absolute atomic E-state index is 13.1. The van der Waals surface area contributed by atoms with E-state index in [0.717, 1.165) is 0 Å².